The second-order valence-corrected chi connectivity index (χ2v) is 7.40. The van der Waals surface area contributed by atoms with Crippen LogP contribution in [0.4, 0.5) is 4.39 Å². The van der Waals surface area contributed by atoms with Gasteiger partial charge in [0.25, 0.3) is 0 Å². The molecule has 2 heterocycles. The van der Waals surface area contributed by atoms with Gasteiger partial charge in [-0.05, 0) is 25.0 Å². The molecule has 0 aliphatic carbocycles. The fourth-order valence-electron chi connectivity index (χ4n) is 3.70. The van der Waals surface area contributed by atoms with Gasteiger partial charge in [-0.25, -0.2) is 4.39 Å². The van der Waals surface area contributed by atoms with Crippen molar-refractivity contribution in [1.82, 2.24) is 15.1 Å². The van der Waals surface area contributed by atoms with Crippen molar-refractivity contribution in [1.29, 1.82) is 0 Å². The van der Waals surface area contributed by atoms with Gasteiger partial charge >= 0.3 is 0 Å². The highest BCUT2D eigenvalue weighted by Crippen LogP contribution is 2.24. The number of amides is 2. The standard InChI is InChI=1S/C19H25ClFN3O3/c1-27-13-5-8-23(9-6-13)18(25)11-17-19(26)22-7-10-24(17)12-14-15(20)3-2-4-16(14)21/h2-4,13,17H,5-12H2,1H3,(H,22,26). The first-order chi connectivity index (χ1) is 13.0. The van der Waals surface area contributed by atoms with Crippen LogP contribution in [0.15, 0.2) is 18.2 Å². The van der Waals surface area contributed by atoms with E-state index in [1.54, 1.807) is 24.1 Å². The van der Waals surface area contributed by atoms with E-state index in [0.29, 0.717) is 36.8 Å². The van der Waals surface area contributed by atoms with Gasteiger partial charge in [0.15, 0.2) is 0 Å². The van der Waals surface area contributed by atoms with Crippen molar-refractivity contribution >= 4 is 23.4 Å². The Morgan fingerprint density at radius 2 is 2.07 bits per heavy atom. The number of likely N-dealkylation sites (tertiary alicyclic amines) is 1. The number of nitrogens with zero attached hydrogens (tertiary/aromatic N) is 2. The van der Waals surface area contributed by atoms with Gasteiger partial charge in [0, 0.05) is 50.4 Å². The molecule has 0 saturated carbocycles. The topological polar surface area (TPSA) is 61.9 Å². The zero-order valence-electron chi connectivity index (χ0n) is 15.4. The average molecular weight is 398 g/mol. The third kappa shape index (κ3) is 4.78. The van der Waals surface area contributed by atoms with E-state index in [0.717, 1.165) is 12.8 Å². The number of hydrogen-bond acceptors (Lipinski definition) is 4. The Kier molecular flexibility index (Phi) is 6.68. The van der Waals surface area contributed by atoms with E-state index in [1.165, 1.54) is 6.07 Å². The third-order valence-electron chi connectivity index (χ3n) is 5.36. The van der Waals surface area contributed by atoms with Crippen LogP contribution in [0.25, 0.3) is 0 Å². The minimum atomic E-state index is -0.623. The van der Waals surface area contributed by atoms with E-state index in [2.05, 4.69) is 5.32 Å². The van der Waals surface area contributed by atoms with E-state index >= 15 is 0 Å². The van der Waals surface area contributed by atoms with Crippen LogP contribution in [0.3, 0.4) is 0 Å². The predicted molar refractivity (Wildman–Crippen MR) is 99.8 cm³/mol. The summed E-state index contributed by atoms with van der Waals surface area (Å²) in [5.41, 5.74) is 0.354. The molecule has 2 aliphatic heterocycles. The molecular formula is C19H25ClFN3O3. The van der Waals surface area contributed by atoms with Gasteiger partial charge in [0.05, 0.1) is 18.6 Å². The zero-order chi connectivity index (χ0) is 19.4. The van der Waals surface area contributed by atoms with Crippen LogP contribution in [-0.4, -0.2) is 67.0 Å². The Morgan fingerprint density at radius 1 is 1.33 bits per heavy atom. The summed E-state index contributed by atoms with van der Waals surface area (Å²) in [6, 6.07) is 3.91. The van der Waals surface area contributed by atoms with Crippen molar-refractivity contribution in [3.63, 3.8) is 0 Å². The molecule has 6 nitrogen and oxygen atoms in total. The van der Waals surface area contributed by atoms with Crippen molar-refractivity contribution in [2.45, 2.75) is 38.0 Å². The van der Waals surface area contributed by atoms with Crippen molar-refractivity contribution in [3.05, 3.63) is 34.6 Å². The lowest BCUT2D eigenvalue weighted by Crippen LogP contribution is -2.56. The number of carbonyl (C=O) groups excluding carboxylic acids is 2. The van der Waals surface area contributed by atoms with E-state index in [-0.39, 0.29) is 30.9 Å². The number of piperazine rings is 1. The smallest absolute Gasteiger partial charge is 0.237 e. The molecule has 1 unspecified atom stereocenters. The molecule has 1 aromatic rings. The van der Waals surface area contributed by atoms with Crippen LogP contribution in [0, 0.1) is 5.82 Å². The lowest BCUT2D eigenvalue weighted by atomic mass is 10.0. The van der Waals surface area contributed by atoms with Gasteiger partial charge in [0.2, 0.25) is 11.8 Å². The average Bonchev–Trinajstić information content (AvgIpc) is 2.67. The van der Waals surface area contributed by atoms with Crippen LogP contribution in [-0.2, 0) is 20.9 Å². The van der Waals surface area contributed by atoms with E-state index in [9.17, 15) is 14.0 Å². The molecule has 2 aliphatic rings. The zero-order valence-corrected chi connectivity index (χ0v) is 16.2. The van der Waals surface area contributed by atoms with Crippen molar-refractivity contribution in [2.24, 2.45) is 0 Å². The molecule has 0 radical (unpaired) electrons. The van der Waals surface area contributed by atoms with Crippen LogP contribution in [0.5, 0.6) is 0 Å². The normalized spacial score (nSPS) is 22.0. The highest BCUT2D eigenvalue weighted by molar-refractivity contribution is 6.31. The Hall–Kier alpha value is -1.70. The number of hydrogen-bond donors (Lipinski definition) is 1. The predicted octanol–water partition coefficient (Wildman–Crippen LogP) is 1.81. The lowest BCUT2D eigenvalue weighted by molar-refractivity contribution is -0.140. The van der Waals surface area contributed by atoms with Crippen molar-refractivity contribution in [3.8, 4) is 0 Å². The van der Waals surface area contributed by atoms with Gasteiger partial charge in [-0.1, -0.05) is 17.7 Å². The van der Waals surface area contributed by atoms with Crippen LogP contribution in [0.1, 0.15) is 24.8 Å². The molecule has 1 aromatic carbocycles. The van der Waals surface area contributed by atoms with Crippen LogP contribution in [0.2, 0.25) is 5.02 Å². The number of benzene rings is 1. The maximum Gasteiger partial charge on any atom is 0.237 e. The molecule has 0 spiro atoms. The lowest BCUT2D eigenvalue weighted by Gasteiger charge is -2.37. The summed E-state index contributed by atoms with van der Waals surface area (Å²) in [4.78, 5) is 28.7. The molecule has 2 amide bonds. The second-order valence-electron chi connectivity index (χ2n) is 7.00. The third-order valence-corrected chi connectivity index (χ3v) is 5.71. The first-order valence-electron chi connectivity index (χ1n) is 9.24. The maximum absolute atomic E-state index is 14.2. The monoisotopic (exact) mass is 397 g/mol. The minimum absolute atomic E-state index is 0.0590. The largest absolute Gasteiger partial charge is 0.381 e. The molecule has 1 atom stereocenters. The SMILES string of the molecule is COC1CCN(C(=O)CC2C(=O)NCCN2Cc2c(F)cccc2Cl)CC1. The summed E-state index contributed by atoms with van der Waals surface area (Å²) in [5.74, 6) is -0.662. The first kappa shape index (κ1) is 20.0. The van der Waals surface area contributed by atoms with E-state index in [1.807, 2.05) is 4.90 Å². The van der Waals surface area contributed by atoms with E-state index < -0.39 is 11.9 Å². The number of rotatable bonds is 5. The molecular weight excluding hydrogens is 373 g/mol. The van der Waals surface area contributed by atoms with Gasteiger partial charge in [0.1, 0.15) is 5.82 Å². The van der Waals surface area contributed by atoms with Crippen LogP contribution < -0.4 is 5.32 Å². The molecule has 3 rings (SSSR count). The Bertz CT molecular complexity index is 675. The number of methoxy groups -OCH3 is 1. The molecule has 0 bridgehead atoms. The van der Waals surface area contributed by atoms with Crippen molar-refractivity contribution in [2.75, 3.05) is 33.3 Å². The summed E-state index contributed by atoms with van der Waals surface area (Å²) in [6.45, 7) is 2.47. The summed E-state index contributed by atoms with van der Waals surface area (Å²) < 4.78 is 19.5. The number of nitrogens with one attached hydrogen (secondary N) is 1. The number of carbonyl (C=O) groups is 2. The Morgan fingerprint density at radius 3 is 2.74 bits per heavy atom. The molecule has 27 heavy (non-hydrogen) atoms. The fraction of sp³-hybridized carbons (Fsp3) is 0.579. The van der Waals surface area contributed by atoms with Gasteiger partial charge < -0.3 is 15.0 Å². The first-order valence-corrected chi connectivity index (χ1v) is 9.62. The summed E-state index contributed by atoms with van der Waals surface area (Å²) in [5, 5.41) is 3.13. The summed E-state index contributed by atoms with van der Waals surface area (Å²) >= 11 is 6.13. The quantitative estimate of drug-likeness (QED) is 0.823. The van der Waals surface area contributed by atoms with E-state index in [4.69, 9.17) is 16.3 Å². The molecule has 2 saturated heterocycles. The summed E-state index contributed by atoms with van der Waals surface area (Å²) in [7, 11) is 1.68. The highest BCUT2D eigenvalue weighted by atomic mass is 35.5. The van der Waals surface area contributed by atoms with Crippen LogP contribution >= 0.6 is 11.6 Å². The maximum atomic E-state index is 14.2. The molecule has 148 valence electrons. The Labute approximate surface area is 163 Å². The fourth-order valence-corrected chi connectivity index (χ4v) is 3.92. The minimum Gasteiger partial charge on any atom is -0.381 e. The van der Waals surface area contributed by atoms with Crippen molar-refractivity contribution < 1.29 is 18.7 Å². The van der Waals surface area contributed by atoms with Gasteiger partial charge in [-0.2, -0.15) is 0 Å². The molecule has 0 aromatic heterocycles. The number of piperidine rings is 1. The van der Waals surface area contributed by atoms with Gasteiger partial charge in [-0.3, -0.25) is 14.5 Å². The number of halogens is 2. The number of ether oxygens (including phenoxy) is 1. The second kappa shape index (κ2) is 8.99. The molecule has 2 fully saturated rings. The molecule has 8 heteroatoms. The molecule has 1 N–H and O–H groups in total. The summed E-state index contributed by atoms with van der Waals surface area (Å²) in [6.07, 6.45) is 1.86. The van der Waals surface area contributed by atoms with Gasteiger partial charge in [-0.15, -0.1) is 0 Å². The Balaban J connectivity index is 1.67. The highest BCUT2D eigenvalue weighted by Gasteiger charge is 2.34.